The lowest BCUT2D eigenvalue weighted by molar-refractivity contribution is 0.276. The van der Waals surface area contributed by atoms with E-state index in [2.05, 4.69) is 32.4 Å². The zero-order valence-electron chi connectivity index (χ0n) is 14.0. The van der Waals surface area contributed by atoms with E-state index in [0.29, 0.717) is 0 Å². The fraction of sp³-hybridized carbons (Fsp3) is 1.00. The lowest BCUT2D eigenvalue weighted by Gasteiger charge is -2.38. The Morgan fingerprint density at radius 3 is 1.84 bits per heavy atom. The van der Waals surface area contributed by atoms with Crippen molar-refractivity contribution in [2.75, 3.05) is 27.8 Å². The molecule has 0 bridgehead atoms. The molecule has 0 saturated carbocycles. The van der Waals surface area contributed by atoms with E-state index in [1.165, 1.54) is 43.9 Å². The van der Waals surface area contributed by atoms with Gasteiger partial charge in [-0.2, -0.15) is 0 Å². The largest absolute Gasteiger partial charge is 0.400 e. The second kappa shape index (κ2) is 11.0. The average molecular weight is 306 g/mol. The molecule has 0 aliphatic heterocycles. The molecule has 116 valence electrons. The monoisotopic (exact) mass is 305 g/mol. The highest BCUT2D eigenvalue weighted by Gasteiger charge is 2.31. The van der Waals surface area contributed by atoms with E-state index in [-0.39, 0.29) is 0 Å². The van der Waals surface area contributed by atoms with E-state index in [0.717, 1.165) is 6.04 Å². The van der Waals surface area contributed by atoms with Gasteiger partial charge in [-0.25, -0.2) is 0 Å². The van der Waals surface area contributed by atoms with E-state index in [9.17, 15) is 0 Å². The van der Waals surface area contributed by atoms with Crippen LogP contribution in [0.25, 0.3) is 0 Å². The third-order valence-corrected chi connectivity index (χ3v) is 12.5. The summed E-state index contributed by atoms with van der Waals surface area (Å²) < 4.78 is 13.4. The third kappa shape index (κ3) is 6.53. The molecule has 19 heavy (non-hydrogen) atoms. The molecule has 0 aliphatic carbocycles. The van der Waals surface area contributed by atoms with Gasteiger partial charge in [-0.3, -0.25) is 0 Å². The molecule has 0 aromatic carbocycles. The lowest BCUT2D eigenvalue weighted by atomic mass is 10.2. The maximum atomic E-state index is 5.35. The van der Waals surface area contributed by atoms with Gasteiger partial charge in [0.05, 0.1) is 0 Å². The summed E-state index contributed by atoms with van der Waals surface area (Å²) in [5, 5.41) is 0. The van der Waals surface area contributed by atoms with Gasteiger partial charge < -0.3 is 13.4 Å². The Morgan fingerprint density at radius 1 is 0.895 bits per heavy atom. The number of rotatable bonds is 12. The van der Waals surface area contributed by atoms with Gasteiger partial charge in [0.25, 0.3) is 0 Å². The van der Waals surface area contributed by atoms with Gasteiger partial charge in [-0.15, -0.1) is 0 Å². The molecule has 0 spiro atoms. The Hall–Kier alpha value is 0.314. The molecule has 0 aromatic heterocycles. The molecule has 0 aliphatic rings. The van der Waals surface area contributed by atoms with Crippen LogP contribution in [0.15, 0.2) is 0 Å². The second-order valence-corrected chi connectivity index (χ2v) is 13.2. The van der Waals surface area contributed by atoms with Crippen molar-refractivity contribution in [1.82, 2.24) is 4.57 Å². The highest BCUT2D eigenvalue weighted by molar-refractivity contribution is 6.76. The van der Waals surface area contributed by atoms with Crippen molar-refractivity contribution < 1.29 is 8.85 Å². The summed E-state index contributed by atoms with van der Waals surface area (Å²) in [5.41, 5.74) is 0. The first-order chi connectivity index (χ1) is 9.10. The molecule has 3 nitrogen and oxygen atoms in total. The summed E-state index contributed by atoms with van der Waals surface area (Å²) in [4.78, 5) is 0. The van der Waals surface area contributed by atoms with Crippen molar-refractivity contribution in [2.45, 2.75) is 64.2 Å². The zero-order valence-corrected chi connectivity index (χ0v) is 16.2. The summed E-state index contributed by atoms with van der Waals surface area (Å²) in [6.45, 7) is 8.41. The van der Waals surface area contributed by atoms with Crippen LogP contribution in [-0.4, -0.2) is 49.9 Å². The van der Waals surface area contributed by atoms with Crippen LogP contribution in [0.1, 0.15) is 40.0 Å². The van der Waals surface area contributed by atoms with E-state index in [1.807, 2.05) is 0 Å². The highest BCUT2D eigenvalue weighted by atomic mass is 28.3. The minimum Gasteiger partial charge on any atom is -0.400 e. The maximum absolute atomic E-state index is 5.35. The molecule has 0 amide bonds. The van der Waals surface area contributed by atoms with Gasteiger partial charge >= 0.3 is 9.28 Å². The maximum Gasteiger partial charge on any atom is 0.320 e. The van der Waals surface area contributed by atoms with Gasteiger partial charge in [0.1, 0.15) is 8.24 Å². The van der Waals surface area contributed by atoms with Gasteiger partial charge in [0.2, 0.25) is 0 Å². The number of unbranched alkanes of at least 4 members (excludes halogenated alkanes) is 2. The van der Waals surface area contributed by atoms with E-state index >= 15 is 0 Å². The zero-order chi connectivity index (χ0) is 14.7. The minimum absolute atomic E-state index is 1.12. The normalized spacial score (nSPS) is 12.6. The van der Waals surface area contributed by atoms with Gasteiger partial charge in [-0.05, 0) is 44.2 Å². The van der Waals surface area contributed by atoms with E-state index in [1.54, 1.807) is 14.2 Å². The van der Waals surface area contributed by atoms with Crippen LogP contribution in [0.4, 0.5) is 0 Å². The Balaban J connectivity index is 3.87. The predicted molar refractivity (Wildman–Crippen MR) is 89.7 cm³/mol. The Labute approximate surface area is 123 Å². The number of hydrogen-bond donors (Lipinski definition) is 0. The van der Waals surface area contributed by atoms with E-state index < -0.39 is 17.5 Å². The van der Waals surface area contributed by atoms with Crippen molar-refractivity contribution in [3.8, 4) is 0 Å². The summed E-state index contributed by atoms with van der Waals surface area (Å²) in [6.07, 6.45) is 3.88. The van der Waals surface area contributed by atoms with Crippen LogP contribution in [0.5, 0.6) is 0 Å². The molecule has 0 heterocycles. The van der Waals surface area contributed by atoms with E-state index in [4.69, 9.17) is 8.85 Å². The van der Waals surface area contributed by atoms with Crippen molar-refractivity contribution >= 4 is 17.5 Å². The fourth-order valence-electron chi connectivity index (χ4n) is 2.97. The molecule has 0 radical (unpaired) electrons. The summed E-state index contributed by atoms with van der Waals surface area (Å²) in [5.74, 6) is 0. The van der Waals surface area contributed by atoms with Crippen LogP contribution in [0.3, 0.4) is 0 Å². The van der Waals surface area contributed by atoms with Gasteiger partial charge in [0.15, 0.2) is 0 Å². The van der Waals surface area contributed by atoms with Crippen LogP contribution >= 0.6 is 0 Å². The average Bonchev–Trinajstić information content (AvgIpc) is 2.45. The topological polar surface area (TPSA) is 21.7 Å². The molecule has 0 saturated heterocycles. The summed E-state index contributed by atoms with van der Waals surface area (Å²) >= 11 is 0. The van der Waals surface area contributed by atoms with Crippen LogP contribution in [0.2, 0.25) is 24.2 Å². The quantitative estimate of drug-likeness (QED) is 0.406. The first-order valence-corrected chi connectivity index (χ1v) is 12.2. The van der Waals surface area contributed by atoms with Crippen LogP contribution < -0.4 is 0 Å². The predicted octanol–water partition coefficient (Wildman–Crippen LogP) is 3.61. The molecular formula is C14H35NO2Si2. The highest BCUT2D eigenvalue weighted by Crippen LogP contribution is 2.24. The van der Waals surface area contributed by atoms with Crippen molar-refractivity contribution in [3.63, 3.8) is 0 Å². The van der Waals surface area contributed by atoms with Crippen molar-refractivity contribution in [2.24, 2.45) is 0 Å². The van der Waals surface area contributed by atoms with Crippen LogP contribution in [0, 0.1) is 0 Å². The molecule has 0 rings (SSSR count). The van der Waals surface area contributed by atoms with Crippen LogP contribution in [-0.2, 0) is 8.85 Å². The minimum atomic E-state index is -1.32. The lowest BCUT2D eigenvalue weighted by Crippen LogP contribution is -2.50. The van der Waals surface area contributed by atoms with Crippen molar-refractivity contribution in [1.29, 1.82) is 0 Å². The molecule has 0 atom stereocenters. The molecule has 0 N–H and O–H groups in total. The summed E-state index contributed by atoms with van der Waals surface area (Å²) in [7, 11) is 3.46. The number of hydrogen-bond acceptors (Lipinski definition) is 3. The first kappa shape index (κ1) is 19.3. The third-order valence-electron chi connectivity index (χ3n) is 4.74. The SMILES string of the molecule is CC[Si](CC)(CC)N(C)CCCCC[SiH](OC)OC. The summed E-state index contributed by atoms with van der Waals surface area (Å²) in [6, 6.07) is 5.31. The molecule has 0 fully saturated rings. The smallest absolute Gasteiger partial charge is 0.320 e. The molecule has 5 heteroatoms. The standard InChI is InChI=1S/C14H35NO2Si2/c1-7-19(8-2,9-3)15(4)13-11-10-12-14-18(16-5)17-6/h18H,7-14H2,1-6H3. The van der Waals surface area contributed by atoms with Gasteiger partial charge in [-0.1, -0.05) is 33.6 Å². The molecular weight excluding hydrogens is 270 g/mol. The molecule has 0 unspecified atom stereocenters. The Morgan fingerprint density at radius 2 is 1.42 bits per heavy atom. The number of nitrogens with zero attached hydrogens (tertiary/aromatic N) is 1. The fourth-order valence-corrected chi connectivity index (χ4v) is 8.00. The van der Waals surface area contributed by atoms with Gasteiger partial charge in [0, 0.05) is 14.2 Å². The first-order valence-electron chi connectivity index (χ1n) is 7.87. The molecule has 0 aromatic rings. The Kier molecular flexibility index (Phi) is 11.2. The Bertz CT molecular complexity index is 201. The van der Waals surface area contributed by atoms with Crippen molar-refractivity contribution in [3.05, 3.63) is 0 Å². The second-order valence-electron chi connectivity index (χ2n) is 5.46.